The molecule has 1 aliphatic rings. The molecule has 0 atom stereocenters. The van der Waals surface area contributed by atoms with Gasteiger partial charge in [-0.15, -0.1) is 0 Å². The minimum absolute atomic E-state index is 0.268. The summed E-state index contributed by atoms with van der Waals surface area (Å²) in [5.41, 5.74) is 3.69. The lowest BCUT2D eigenvalue weighted by Gasteiger charge is -2.27. The summed E-state index contributed by atoms with van der Waals surface area (Å²) in [4.78, 5) is 6.50. The molecule has 1 aromatic carbocycles. The summed E-state index contributed by atoms with van der Waals surface area (Å²) in [6.45, 7) is 17.9. The molecule has 0 amide bonds. The van der Waals surface area contributed by atoms with Crippen LogP contribution in [-0.4, -0.2) is 42.7 Å². The summed E-state index contributed by atoms with van der Waals surface area (Å²) < 4.78 is 11.9. The fourth-order valence-corrected chi connectivity index (χ4v) is 4.16. The Morgan fingerprint density at radius 2 is 1.79 bits per heavy atom. The number of nitrogens with one attached hydrogen (secondary N) is 1. The van der Waals surface area contributed by atoms with Crippen LogP contribution in [0.25, 0.3) is 0 Å². The van der Waals surface area contributed by atoms with Crippen LogP contribution >= 0.6 is 0 Å². The molecule has 1 heterocycles. The molecule has 1 saturated carbocycles. The van der Waals surface area contributed by atoms with E-state index in [1.165, 1.54) is 30.4 Å². The van der Waals surface area contributed by atoms with Crippen molar-refractivity contribution in [3.05, 3.63) is 102 Å². The van der Waals surface area contributed by atoms with E-state index in [0.717, 1.165) is 50.5 Å². The maximum Gasteiger partial charge on any atom is 0.163 e. The van der Waals surface area contributed by atoms with E-state index in [4.69, 9.17) is 9.47 Å². The van der Waals surface area contributed by atoms with Crippen molar-refractivity contribution in [1.29, 1.82) is 0 Å². The van der Waals surface area contributed by atoms with Gasteiger partial charge in [-0.25, -0.2) is 0 Å². The Hall–Kier alpha value is -3.05. The van der Waals surface area contributed by atoms with Crippen LogP contribution in [0.3, 0.4) is 0 Å². The fourth-order valence-electron chi connectivity index (χ4n) is 4.16. The van der Waals surface area contributed by atoms with Crippen molar-refractivity contribution >= 4 is 0 Å². The zero-order valence-corrected chi connectivity index (χ0v) is 24.7. The van der Waals surface area contributed by atoms with Gasteiger partial charge in [0, 0.05) is 50.3 Å². The Morgan fingerprint density at radius 3 is 2.32 bits per heavy atom. The molecule has 0 radical (unpaired) electrons. The molecular formula is C33H51N3O2. The van der Waals surface area contributed by atoms with Gasteiger partial charge in [-0.05, 0) is 64.2 Å². The minimum atomic E-state index is 0.268. The molecule has 210 valence electrons. The second-order valence-corrected chi connectivity index (χ2v) is 9.07. The maximum atomic E-state index is 6.34. The van der Waals surface area contributed by atoms with Gasteiger partial charge in [0.1, 0.15) is 0 Å². The van der Waals surface area contributed by atoms with Crippen LogP contribution < -0.4 is 5.32 Å². The van der Waals surface area contributed by atoms with Gasteiger partial charge in [0.15, 0.2) is 11.5 Å². The lowest BCUT2D eigenvalue weighted by molar-refractivity contribution is 0.0794. The molecule has 5 nitrogen and oxygen atoms in total. The standard InChI is InChI=1S/C24H37N3O2.C7H8.C2H6/c1-5-23(28-4)24(29-22-12-8-7-9-13-22)17-20(3)27(6-2)16-15-26-19-21-11-10-14-25-18-21;1-7-5-3-2-4-6-7;1-2/h5,10-11,14,17-18,22,26H,1,6-9,12-13,15-16,19H2,2-4H3;2-6H,1H3;1-2H3/b20-17+,24-23-;;. The molecule has 5 heteroatoms. The first kappa shape index (κ1) is 33.0. The second-order valence-electron chi connectivity index (χ2n) is 9.07. The summed E-state index contributed by atoms with van der Waals surface area (Å²) in [6.07, 6.45) is 13.8. The van der Waals surface area contributed by atoms with E-state index >= 15 is 0 Å². The molecule has 0 spiro atoms. The third-order valence-electron chi connectivity index (χ3n) is 6.27. The molecule has 1 N–H and O–H groups in total. The highest BCUT2D eigenvalue weighted by molar-refractivity contribution is 5.26. The van der Waals surface area contributed by atoms with Gasteiger partial charge in [0.2, 0.25) is 0 Å². The maximum absolute atomic E-state index is 6.34. The number of rotatable bonds is 12. The monoisotopic (exact) mass is 521 g/mol. The van der Waals surface area contributed by atoms with Crippen LogP contribution in [0, 0.1) is 6.92 Å². The van der Waals surface area contributed by atoms with Crippen LogP contribution in [0.1, 0.15) is 70.9 Å². The van der Waals surface area contributed by atoms with Crippen molar-refractivity contribution < 1.29 is 9.47 Å². The molecule has 2 aromatic rings. The van der Waals surface area contributed by atoms with E-state index < -0.39 is 0 Å². The molecule has 0 unspecified atom stereocenters. The first-order valence-electron chi connectivity index (χ1n) is 14.2. The Bertz CT molecular complexity index is 920. The molecular weight excluding hydrogens is 470 g/mol. The molecule has 0 saturated heterocycles. The first-order valence-corrected chi connectivity index (χ1v) is 14.2. The lowest BCUT2D eigenvalue weighted by Crippen LogP contribution is -2.31. The smallest absolute Gasteiger partial charge is 0.163 e. The van der Waals surface area contributed by atoms with Crippen molar-refractivity contribution in [3.8, 4) is 0 Å². The summed E-state index contributed by atoms with van der Waals surface area (Å²) in [6, 6.07) is 14.3. The molecule has 1 aromatic heterocycles. The molecule has 38 heavy (non-hydrogen) atoms. The van der Waals surface area contributed by atoms with Gasteiger partial charge < -0.3 is 19.7 Å². The molecule has 1 aliphatic carbocycles. The number of benzene rings is 1. The summed E-state index contributed by atoms with van der Waals surface area (Å²) in [5, 5.41) is 3.49. The Kier molecular flexibility index (Phi) is 18.2. The Morgan fingerprint density at radius 1 is 1.08 bits per heavy atom. The quantitative estimate of drug-likeness (QED) is 0.175. The normalized spacial score (nSPS) is 14.1. The number of aromatic nitrogens is 1. The summed E-state index contributed by atoms with van der Waals surface area (Å²) >= 11 is 0. The van der Waals surface area contributed by atoms with Crippen molar-refractivity contribution in [2.45, 2.75) is 79.4 Å². The highest BCUT2D eigenvalue weighted by Gasteiger charge is 2.18. The van der Waals surface area contributed by atoms with E-state index in [1.54, 1.807) is 19.4 Å². The number of pyridine rings is 1. The average molecular weight is 522 g/mol. The van der Waals surface area contributed by atoms with E-state index in [2.05, 4.69) is 66.8 Å². The van der Waals surface area contributed by atoms with Gasteiger partial charge in [-0.3, -0.25) is 4.98 Å². The van der Waals surface area contributed by atoms with Crippen LogP contribution in [0.2, 0.25) is 0 Å². The largest absolute Gasteiger partial charge is 0.493 e. The number of hydrogen-bond acceptors (Lipinski definition) is 5. The molecule has 0 aliphatic heterocycles. The van der Waals surface area contributed by atoms with Crippen LogP contribution in [0.15, 0.2) is 90.8 Å². The fraction of sp³-hybridized carbons (Fsp3) is 0.485. The van der Waals surface area contributed by atoms with E-state index in [9.17, 15) is 0 Å². The Balaban J connectivity index is 0.000000682. The van der Waals surface area contributed by atoms with Crippen LogP contribution in [0.5, 0.6) is 0 Å². The predicted octanol–water partition coefficient (Wildman–Crippen LogP) is 7.81. The second kappa shape index (κ2) is 20.9. The van der Waals surface area contributed by atoms with Crippen LogP contribution in [0.4, 0.5) is 0 Å². The third kappa shape index (κ3) is 13.5. The highest BCUT2D eigenvalue weighted by atomic mass is 16.5. The Labute approximate surface area is 232 Å². The zero-order valence-electron chi connectivity index (χ0n) is 24.7. The van der Waals surface area contributed by atoms with Gasteiger partial charge >= 0.3 is 0 Å². The number of allylic oxidation sites excluding steroid dienone is 3. The third-order valence-corrected chi connectivity index (χ3v) is 6.27. The number of aryl methyl sites for hydroxylation is 1. The van der Waals surface area contributed by atoms with Gasteiger partial charge in [0.05, 0.1) is 13.2 Å². The number of likely N-dealkylation sites (N-methyl/N-ethyl adjacent to an activating group) is 1. The number of hydrogen-bond donors (Lipinski definition) is 1. The predicted molar refractivity (Wildman–Crippen MR) is 162 cm³/mol. The summed E-state index contributed by atoms with van der Waals surface area (Å²) in [5.74, 6) is 1.48. The van der Waals surface area contributed by atoms with Gasteiger partial charge in [0.25, 0.3) is 0 Å². The van der Waals surface area contributed by atoms with E-state index in [1.807, 2.05) is 44.3 Å². The van der Waals surface area contributed by atoms with Crippen LogP contribution in [-0.2, 0) is 16.0 Å². The first-order chi connectivity index (χ1) is 18.6. The van der Waals surface area contributed by atoms with E-state index in [0.29, 0.717) is 5.76 Å². The van der Waals surface area contributed by atoms with Crippen molar-refractivity contribution in [2.24, 2.45) is 0 Å². The zero-order chi connectivity index (χ0) is 28.0. The number of methoxy groups -OCH3 is 1. The highest BCUT2D eigenvalue weighted by Crippen LogP contribution is 2.25. The number of nitrogens with zero attached hydrogens (tertiary/aromatic N) is 2. The average Bonchev–Trinajstić information content (AvgIpc) is 2.96. The van der Waals surface area contributed by atoms with E-state index in [-0.39, 0.29) is 6.10 Å². The minimum Gasteiger partial charge on any atom is -0.493 e. The number of ether oxygens (including phenoxy) is 2. The SMILES string of the molecule is C=C/C(OC)=C(\C=C(/C)N(CC)CCNCc1cccnc1)OC1CCCCC1.CC.Cc1ccccc1. The van der Waals surface area contributed by atoms with Gasteiger partial charge in [-0.2, -0.15) is 0 Å². The summed E-state index contributed by atoms with van der Waals surface area (Å²) in [7, 11) is 1.67. The van der Waals surface area contributed by atoms with Gasteiger partial charge in [-0.1, -0.05) is 68.8 Å². The molecule has 3 rings (SSSR count). The molecule has 0 bridgehead atoms. The van der Waals surface area contributed by atoms with Crippen molar-refractivity contribution in [3.63, 3.8) is 0 Å². The van der Waals surface area contributed by atoms with Crippen molar-refractivity contribution in [1.82, 2.24) is 15.2 Å². The lowest BCUT2D eigenvalue weighted by atomic mass is 9.98. The van der Waals surface area contributed by atoms with Crippen molar-refractivity contribution in [2.75, 3.05) is 26.7 Å². The molecule has 1 fully saturated rings. The topological polar surface area (TPSA) is 46.6 Å².